The van der Waals surface area contributed by atoms with E-state index in [1.54, 1.807) is 30.2 Å². The minimum absolute atomic E-state index is 0.0156. The Morgan fingerprint density at radius 1 is 1.21 bits per heavy atom. The van der Waals surface area contributed by atoms with E-state index in [2.05, 4.69) is 18.0 Å². The van der Waals surface area contributed by atoms with Crippen LogP contribution in [0.1, 0.15) is 39.2 Å². The van der Waals surface area contributed by atoms with Crippen molar-refractivity contribution >= 4 is 53.0 Å². The number of nitrogens with two attached hydrogens (primary N) is 1. The summed E-state index contributed by atoms with van der Waals surface area (Å²) in [6.07, 6.45) is 0.859. The van der Waals surface area contributed by atoms with Gasteiger partial charge in [-0.3, -0.25) is 19.4 Å². The Morgan fingerprint density at radius 3 is 2.55 bits per heavy atom. The van der Waals surface area contributed by atoms with E-state index in [1.807, 2.05) is 11.1 Å². The van der Waals surface area contributed by atoms with Crippen molar-refractivity contribution in [1.29, 1.82) is 0 Å². The van der Waals surface area contributed by atoms with Crippen LogP contribution >= 0.6 is 35.0 Å². The summed E-state index contributed by atoms with van der Waals surface area (Å²) in [4.78, 5) is 41.1. The molecular formula is C28H28Cl2F2N4O5S. The quantitative estimate of drug-likeness (QED) is 0.248. The summed E-state index contributed by atoms with van der Waals surface area (Å²) in [7, 11) is 3.72. The molecule has 14 heteroatoms. The van der Waals surface area contributed by atoms with Crippen LogP contribution in [-0.4, -0.2) is 49.6 Å². The Labute approximate surface area is 254 Å². The zero-order valence-corrected chi connectivity index (χ0v) is 25.0. The van der Waals surface area contributed by atoms with Crippen LogP contribution in [0.2, 0.25) is 5.02 Å². The first kappa shape index (κ1) is 31.8. The molecule has 3 aromatic rings. The van der Waals surface area contributed by atoms with Crippen LogP contribution < -0.4 is 20.9 Å². The van der Waals surface area contributed by atoms with E-state index in [-0.39, 0.29) is 29.4 Å². The molecule has 2 aliphatic heterocycles. The molecule has 1 aromatic heterocycles. The molecule has 5 rings (SSSR count). The summed E-state index contributed by atoms with van der Waals surface area (Å²) >= 11 is 11.9. The number of halogens is 4. The molecule has 2 aromatic carbocycles. The number of anilines is 1. The number of amides is 1. The van der Waals surface area contributed by atoms with Crippen molar-refractivity contribution in [1.82, 2.24) is 9.88 Å². The summed E-state index contributed by atoms with van der Waals surface area (Å²) < 4.78 is 37.1. The van der Waals surface area contributed by atoms with E-state index in [0.717, 1.165) is 48.8 Å². The van der Waals surface area contributed by atoms with E-state index in [1.165, 1.54) is 11.1 Å². The first-order valence-electron chi connectivity index (χ1n) is 12.7. The van der Waals surface area contributed by atoms with Gasteiger partial charge in [-0.2, -0.15) is 8.78 Å². The lowest BCUT2D eigenvalue weighted by Gasteiger charge is -2.28. The number of aromatic nitrogens is 1. The molecule has 0 bridgehead atoms. The predicted octanol–water partition coefficient (Wildman–Crippen LogP) is 5.73. The molecule has 0 saturated carbocycles. The Bertz CT molecular complexity index is 1550. The van der Waals surface area contributed by atoms with Crippen LogP contribution in [0.15, 0.2) is 51.0 Å². The minimum Gasteiger partial charge on any atom is -0.495 e. The van der Waals surface area contributed by atoms with Crippen molar-refractivity contribution < 1.29 is 27.8 Å². The highest BCUT2D eigenvalue weighted by Crippen LogP contribution is 2.39. The van der Waals surface area contributed by atoms with E-state index in [4.69, 9.17) is 38.4 Å². The average Bonchev–Trinajstić information content (AvgIpc) is 3.32. The molecule has 0 spiro atoms. The molecule has 9 nitrogen and oxygen atoms in total. The highest BCUT2D eigenvalue weighted by molar-refractivity contribution is 7.99. The maximum absolute atomic E-state index is 13.3. The van der Waals surface area contributed by atoms with Crippen LogP contribution in [0.5, 0.6) is 5.75 Å². The van der Waals surface area contributed by atoms with E-state index < -0.39 is 16.6 Å². The smallest absolute Gasteiger partial charge is 0.414 e. The van der Waals surface area contributed by atoms with Gasteiger partial charge < -0.3 is 20.2 Å². The van der Waals surface area contributed by atoms with Gasteiger partial charge in [0, 0.05) is 36.0 Å². The Kier molecular flexibility index (Phi) is 10.2. The van der Waals surface area contributed by atoms with Crippen LogP contribution in [-0.2, 0) is 29.8 Å². The second-order valence-corrected chi connectivity index (χ2v) is 11.5. The maximum atomic E-state index is 13.3. The predicted molar refractivity (Wildman–Crippen MR) is 157 cm³/mol. The van der Waals surface area contributed by atoms with Gasteiger partial charge in [0.1, 0.15) is 11.4 Å². The van der Waals surface area contributed by atoms with E-state index in [0.29, 0.717) is 28.6 Å². The topological polar surface area (TPSA) is 118 Å². The maximum Gasteiger partial charge on any atom is 0.414 e. The first-order chi connectivity index (χ1) is 20.0. The number of methoxy groups -OCH3 is 1. The molecule has 3 N–H and O–H groups in total. The number of rotatable bonds is 7. The van der Waals surface area contributed by atoms with Gasteiger partial charge >= 0.3 is 11.5 Å². The number of hydrogen-bond donors (Lipinski definition) is 2. The lowest BCUT2D eigenvalue weighted by atomic mass is 10.1. The largest absolute Gasteiger partial charge is 0.495 e. The normalized spacial score (nSPS) is 15.0. The van der Waals surface area contributed by atoms with E-state index in [9.17, 15) is 23.2 Å². The van der Waals surface area contributed by atoms with Gasteiger partial charge in [-0.25, -0.2) is 4.79 Å². The van der Waals surface area contributed by atoms with Crippen LogP contribution in [0.3, 0.4) is 0 Å². The summed E-state index contributed by atoms with van der Waals surface area (Å²) in [6, 6.07) is 10.0. The Balaban J connectivity index is 0.000000196. The first-order valence-corrected chi connectivity index (χ1v) is 14.3. The second-order valence-electron chi connectivity index (χ2n) is 9.52. The summed E-state index contributed by atoms with van der Waals surface area (Å²) in [5.74, 6) is 0.743. The molecular weight excluding hydrogens is 613 g/mol. The van der Waals surface area contributed by atoms with Gasteiger partial charge in [0.05, 0.1) is 30.0 Å². The van der Waals surface area contributed by atoms with Crippen molar-refractivity contribution in [2.45, 2.75) is 41.2 Å². The van der Waals surface area contributed by atoms with Crippen molar-refractivity contribution in [2.75, 3.05) is 32.2 Å². The van der Waals surface area contributed by atoms with Crippen LogP contribution in [0.4, 0.5) is 19.3 Å². The van der Waals surface area contributed by atoms with Crippen LogP contribution in [0, 0.1) is 0 Å². The number of cyclic esters (lactones) is 1. The highest BCUT2D eigenvalue weighted by Gasteiger charge is 2.31. The van der Waals surface area contributed by atoms with Gasteiger partial charge in [-0.05, 0) is 66.0 Å². The molecule has 224 valence electrons. The van der Waals surface area contributed by atoms with Crippen molar-refractivity contribution in [3.8, 4) is 5.75 Å². The average molecular weight is 642 g/mol. The van der Waals surface area contributed by atoms with Crippen molar-refractivity contribution in [3.63, 3.8) is 0 Å². The molecule has 2 aliphatic rings. The molecule has 0 radical (unpaired) electrons. The fourth-order valence-corrected chi connectivity index (χ4v) is 6.07. The highest BCUT2D eigenvalue weighted by atomic mass is 35.5. The standard InChI is InChI=1S/C14H10Cl2F2N2O2S.C14H18N2O3/c15-9-3-1-2-7(5-19)12(9)23-10-4-11(14(16,17)18)20-13(22)8(10)6-21;1-15-8-10-6-12(13(18-2)7-11(10)9-15)16-4-3-5-19-14(16)17/h1-4,6H,5,19H2,(H,20,22);6-7H,3-5,8-9H2,1-2H3. The van der Waals surface area contributed by atoms with E-state index >= 15 is 0 Å². The van der Waals surface area contributed by atoms with Gasteiger partial charge in [-0.1, -0.05) is 35.5 Å². The number of pyridine rings is 1. The lowest BCUT2D eigenvalue weighted by molar-refractivity contribution is 0.0891. The molecule has 0 atom stereocenters. The third kappa shape index (κ3) is 7.07. The van der Waals surface area contributed by atoms with Crippen LogP contribution in [0.25, 0.3) is 0 Å². The Morgan fingerprint density at radius 2 is 1.93 bits per heavy atom. The number of hydrogen-bond acceptors (Lipinski definition) is 8. The number of aldehydes is 1. The number of alkyl halides is 3. The number of H-pyrrole nitrogens is 1. The van der Waals surface area contributed by atoms with Gasteiger partial charge in [0.2, 0.25) is 0 Å². The minimum atomic E-state index is -3.77. The molecule has 0 unspecified atom stereocenters. The number of nitrogens with one attached hydrogen (secondary N) is 1. The molecule has 42 heavy (non-hydrogen) atoms. The monoisotopic (exact) mass is 640 g/mol. The zero-order valence-electron chi connectivity index (χ0n) is 22.7. The summed E-state index contributed by atoms with van der Waals surface area (Å²) in [5.41, 5.74) is 7.57. The van der Waals surface area contributed by atoms with Crippen molar-refractivity contribution in [3.05, 3.63) is 79.7 Å². The zero-order chi connectivity index (χ0) is 30.6. The van der Waals surface area contributed by atoms with Gasteiger partial charge in [0.25, 0.3) is 5.56 Å². The number of aromatic amines is 1. The fraction of sp³-hybridized carbons (Fsp3) is 0.321. The molecule has 3 heterocycles. The number of nitrogens with zero attached hydrogens (tertiary/aromatic N) is 2. The Hall–Kier alpha value is -3.16. The molecule has 1 saturated heterocycles. The third-order valence-electron chi connectivity index (χ3n) is 6.58. The molecule has 1 fully saturated rings. The SMILES string of the molecule is COc1cc2c(cc1N1CCCOC1=O)CN(C)C2.NCc1cccc(Cl)c1Sc1cc(C(F)(F)Cl)[nH]c(=O)c1C=O. The summed E-state index contributed by atoms with van der Waals surface area (Å²) in [6.45, 7) is 3.18. The second kappa shape index (κ2) is 13.4. The molecule has 1 amide bonds. The van der Waals surface area contributed by atoms with Gasteiger partial charge in [0.15, 0.2) is 6.29 Å². The fourth-order valence-electron chi connectivity index (χ4n) is 4.56. The number of carbonyl (C=O) groups excluding carboxylic acids is 2. The van der Waals surface area contributed by atoms with Gasteiger partial charge in [-0.15, -0.1) is 0 Å². The number of fused-ring (bicyclic) bond motifs is 1. The van der Waals surface area contributed by atoms with Crippen molar-refractivity contribution in [2.24, 2.45) is 5.73 Å². The third-order valence-corrected chi connectivity index (χ3v) is 8.46. The molecule has 0 aliphatic carbocycles. The number of carbonyl (C=O) groups is 2. The lowest BCUT2D eigenvalue weighted by Crippen LogP contribution is -2.38. The number of benzene rings is 2. The summed E-state index contributed by atoms with van der Waals surface area (Å²) in [5, 5.41) is -3.44. The number of ether oxygens (including phenoxy) is 2.